The van der Waals surface area contributed by atoms with E-state index in [1.807, 2.05) is 38.2 Å². The second-order valence-corrected chi connectivity index (χ2v) is 5.68. The molecule has 0 saturated heterocycles. The lowest BCUT2D eigenvalue weighted by atomic mass is 9.93. The van der Waals surface area contributed by atoms with Crippen LogP contribution in [0.25, 0.3) is 10.8 Å². The molecule has 5 nitrogen and oxygen atoms in total. The lowest BCUT2D eigenvalue weighted by Gasteiger charge is -2.27. The molecule has 0 fully saturated rings. The fraction of sp³-hybridized carbons (Fsp3) is 0.333. The van der Waals surface area contributed by atoms with Crippen molar-refractivity contribution in [3.05, 3.63) is 41.5 Å². The predicted molar refractivity (Wildman–Crippen MR) is 92.0 cm³/mol. The van der Waals surface area contributed by atoms with Gasteiger partial charge >= 0.3 is 0 Å². The number of carbonyl (C=O) groups is 2. The zero-order valence-electron chi connectivity index (χ0n) is 13.5. The molecule has 0 atom stereocenters. The van der Waals surface area contributed by atoms with Crippen LogP contribution >= 0.6 is 0 Å². The van der Waals surface area contributed by atoms with Crippen LogP contribution < -0.4 is 10.6 Å². The van der Waals surface area contributed by atoms with Gasteiger partial charge in [0.15, 0.2) is 0 Å². The molecule has 2 N–H and O–H groups in total. The van der Waals surface area contributed by atoms with Crippen molar-refractivity contribution in [3.8, 4) is 0 Å². The summed E-state index contributed by atoms with van der Waals surface area (Å²) in [6.07, 6.45) is 0.756. The number of rotatable bonds is 6. The molecule has 5 heteroatoms. The van der Waals surface area contributed by atoms with Gasteiger partial charge in [0, 0.05) is 47.2 Å². The highest BCUT2D eigenvalue weighted by atomic mass is 16.2. The maximum Gasteiger partial charge on any atom is 0.261 e. The molecule has 1 aliphatic heterocycles. The molecule has 0 radical (unpaired) electrons. The van der Waals surface area contributed by atoms with E-state index in [2.05, 4.69) is 10.6 Å². The normalized spacial score (nSPS) is 13.7. The van der Waals surface area contributed by atoms with Gasteiger partial charge in [-0.25, -0.2) is 0 Å². The summed E-state index contributed by atoms with van der Waals surface area (Å²) in [5.74, 6) is -0.385. The Labute approximate surface area is 135 Å². The topological polar surface area (TPSA) is 61.4 Å². The van der Waals surface area contributed by atoms with Crippen LogP contribution in [0.5, 0.6) is 0 Å². The SMILES string of the molecule is CCCN1C(=O)c2cccc3c(NCCNC)ccc(c23)C1=O. The molecule has 0 spiro atoms. The van der Waals surface area contributed by atoms with E-state index in [0.29, 0.717) is 17.7 Å². The van der Waals surface area contributed by atoms with Crippen LogP contribution in [0.2, 0.25) is 0 Å². The highest BCUT2D eigenvalue weighted by Gasteiger charge is 2.32. The minimum Gasteiger partial charge on any atom is -0.383 e. The van der Waals surface area contributed by atoms with Crippen LogP contribution in [0, 0.1) is 0 Å². The van der Waals surface area contributed by atoms with E-state index in [1.54, 1.807) is 6.07 Å². The van der Waals surface area contributed by atoms with Crippen LogP contribution in [0.15, 0.2) is 30.3 Å². The Morgan fingerprint density at radius 3 is 2.43 bits per heavy atom. The van der Waals surface area contributed by atoms with Crippen molar-refractivity contribution >= 4 is 28.3 Å². The zero-order valence-corrected chi connectivity index (χ0v) is 13.5. The van der Waals surface area contributed by atoms with Crippen molar-refractivity contribution in [2.45, 2.75) is 13.3 Å². The summed E-state index contributed by atoms with van der Waals surface area (Å²) < 4.78 is 0. The standard InChI is InChI=1S/C18H21N3O2/c1-3-11-21-17(22)13-6-4-5-12-15(20-10-9-19-2)8-7-14(16(12)13)18(21)23/h4-8,19-20H,3,9-11H2,1-2H3. The minimum atomic E-state index is -0.192. The van der Waals surface area contributed by atoms with E-state index in [0.717, 1.165) is 36.0 Å². The van der Waals surface area contributed by atoms with E-state index < -0.39 is 0 Å². The number of anilines is 1. The zero-order chi connectivity index (χ0) is 16.4. The molecule has 0 saturated carbocycles. The molecule has 2 amide bonds. The Hall–Kier alpha value is -2.40. The first kappa shape index (κ1) is 15.5. The van der Waals surface area contributed by atoms with Crippen molar-refractivity contribution in [1.29, 1.82) is 0 Å². The summed E-state index contributed by atoms with van der Waals surface area (Å²) in [7, 11) is 1.90. The van der Waals surface area contributed by atoms with Gasteiger partial charge in [0.1, 0.15) is 0 Å². The number of nitrogens with zero attached hydrogens (tertiary/aromatic N) is 1. The van der Waals surface area contributed by atoms with Crippen LogP contribution in [-0.2, 0) is 0 Å². The van der Waals surface area contributed by atoms with Crippen LogP contribution in [-0.4, -0.2) is 43.4 Å². The quantitative estimate of drug-likeness (QED) is 0.635. The largest absolute Gasteiger partial charge is 0.383 e. The average Bonchev–Trinajstić information content (AvgIpc) is 2.57. The molecule has 2 aromatic carbocycles. The van der Waals surface area contributed by atoms with Crippen molar-refractivity contribution in [1.82, 2.24) is 10.2 Å². The van der Waals surface area contributed by atoms with Gasteiger partial charge in [-0.15, -0.1) is 0 Å². The number of carbonyl (C=O) groups excluding carboxylic acids is 2. The summed E-state index contributed by atoms with van der Waals surface area (Å²) in [6.45, 7) is 4.03. The molecule has 1 heterocycles. The fourth-order valence-corrected chi connectivity index (χ4v) is 3.05. The number of amides is 2. The molecule has 23 heavy (non-hydrogen) atoms. The first-order chi connectivity index (χ1) is 11.2. The highest BCUT2D eigenvalue weighted by molar-refractivity contribution is 6.26. The highest BCUT2D eigenvalue weighted by Crippen LogP contribution is 2.34. The third-order valence-electron chi connectivity index (χ3n) is 4.13. The summed E-state index contributed by atoms with van der Waals surface area (Å²) in [5, 5.41) is 8.14. The van der Waals surface area contributed by atoms with Gasteiger partial charge in [-0.3, -0.25) is 14.5 Å². The molecule has 0 unspecified atom stereocenters. The smallest absolute Gasteiger partial charge is 0.261 e. The molecule has 0 aliphatic carbocycles. The van der Waals surface area contributed by atoms with E-state index in [4.69, 9.17) is 0 Å². The maximum absolute atomic E-state index is 12.6. The van der Waals surface area contributed by atoms with Gasteiger partial charge in [0.05, 0.1) is 0 Å². The molecular weight excluding hydrogens is 290 g/mol. The van der Waals surface area contributed by atoms with E-state index in [1.165, 1.54) is 4.90 Å². The van der Waals surface area contributed by atoms with Gasteiger partial charge in [-0.05, 0) is 31.7 Å². The van der Waals surface area contributed by atoms with E-state index >= 15 is 0 Å². The van der Waals surface area contributed by atoms with Crippen LogP contribution in [0.3, 0.4) is 0 Å². The van der Waals surface area contributed by atoms with Gasteiger partial charge < -0.3 is 10.6 Å². The second-order valence-electron chi connectivity index (χ2n) is 5.68. The molecule has 3 rings (SSSR count). The molecule has 2 aromatic rings. The number of likely N-dealkylation sites (N-methyl/N-ethyl adjacent to an activating group) is 1. The lowest BCUT2D eigenvalue weighted by molar-refractivity contribution is 0.0611. The number of benzene rings is 2. The summed E-state index contributed by atoms with van der Waals surface area (Å²) in [6, 6.07) is 9.39. The Morgan fingerprint density at radius 1 is 1.00 bits per heavy atom. The Balaban J connectivity index is 2.12. The second kappa shape index (κ2) is 6.38. The number of hydrogen-bond donors (Lipinski definition) is 2. The Bertz CT molecular complexity index is 748. The molecule has 1 aliphatic rings. The molecule has 0 bridgehead atoms. The molecule has 120 valence electrons. The van der Waals surface area contributed by atoms with Gasteiger partial charge in [0.2, 0.25) is 0 Å². The first-order valence-corrected chi connectivity index (χ1v) is 7.99. The third kappa shape index (κ3) is 2.57. The maximum atomic E-state index is 12.6. The van der Waals surface area contributed by atoms with Crippen molar-refractivity contribution in [2.75, 3.05) is 32.0 Å². The number of hydrogen-bond acceptors (Lipinski definition) is 4. The first-order valence-electron chi connectivity index (χ1n) is 7.99. The van der Waals surface area contributed by atoms with E-state index in [9.17, 15) is 9.59 Å². The van der Waals surface area contributed by atoms with Crippen molar-refractivity contribution in [2.24, 2.45) is 0 Å². The fourth-order valence-electron chi connectivity index (χ4n) is 3.05. The number of imide groups is 1. The Morgan fingerprint density at radius 2 is 1.74 bits per heavy atom. The summed E-state index contributed by atoms with van der Waals surface area (Å²) >= 11 is 0. The minimum absolute atomic E-state index is 0.192. The summed E-state index contributed by atoms with van der Waals surface area (Å²) in [4.78, 5) is 26.7. The van der Waals surface area contributed by atoms with E-state index in [-0.39, 0.29) is 11.8 Å². The van der Waals surface area contributed by atoms with Crippen molar-refractivity contribution < 1.29 is 9.59 Å². The van der Waals surface area contributed by atoms with Gasteiger partial charge in [-0.1, -0.05) is 19.1 Å². The number of nitrogens with one attached hydrogen (secondary N) is 2. The monoisotopic (exact) mass is 311 g/mol. The average molecular weight is 311 g/mol. The summed E-state index contributed by atoms with van der Waals surface area (Å²) in [5.41, 5.74) is 2.18. The van der Waals surface area contributed by atoms with Gasteiger partial charge in [0.25, 0.3) is 11.8 Å². The lowest BCUT2D eigenvalue weighted by Crippen LogP contribution is -2.40. The van der Waals surface area contributed by atoms with Crippen LogP contribution in [0.1, 0.15) is 34.1 Å². The van der Waals surface area contributed by atoms with Crippen LogP contribution in [0.4, 0.5) is 5.69 Å². The van der Waals surface area contributed by atoms with Crippen molar-refractivity contribution in [3.63, 3.8) is 0 Å². The third-order valence-corrected chi connectivity index (χ3v) is 4.13. The molecule has 0 aromatic heterocycles. The van der Waals surface area contributed by atoms with Gasteiger partial charge in [-0.2, -0.15) is 0 Å². The Kier molecular flexibility index (Phi) is 4.30. The predicted octanol–water partition coefficient (Wildman–Crippen LogP) is 2.48. The molecular formula is C18H21N3O2.